The molecule has 0 bridgehead atoms. The Hall–Kier alpha value is -2.76. The molecule has 168 valence electrons. The predicted octanol–water partition coefficient (Wildman–Crippen LogP) is 4.79. The number of pyridine rings is 1. The summed E-state index contributed by atoms with van der Waals surface area (Å²) < 4.78 is 5.40. The highest BCUT2D eigenvalue weighted by Crippen LogP contribution is 2.27. The highest BCUT2D eigenvalue weighted by molar-refractivity contribution is 6.07. The van der Waals surface area contributed by atoms with Crippen LogP contribution in [-0.2, 0) is 4.74 Å². The van der Waals surface area contributed by atoms with Crippen LogP contribution in [0.3, 0.4) is 0 Å². The number of aromatic nitrogens is 1. The molecule has 0 spiro atoms. The Morgan fingerprint density at radius 3 is 2.56 bits per heavy atom. The van der Waals surface area contributed by atoms with Gasteiger partial charge in [-0.05, 0) is 49.6 Å². The third-order valence-electron chi connectivity index (χ3n) is 6.12. The SMILES string of the molecule is Cc1ccc2nc(-c3ccc(C(C)C)cc3)cc(C(=O)NCCCN3CCOCC3)c2c1. The predicted molar refractivity (Wildman–Crippen MR) is 130 cm³/mol. The Kier molecular flexibility index (Phi) is 7.18. The molecule has 1 aromatic heterocycles. The summed E-state index contributed by atoms with van der Waals surface area (Å²) in [5.41, 5.74) is 5.80. The van der Waals surface area contributed by atoms with Gasteiger partial charge in [0.1, 0.15) is 0 Å². The van der Waals surface area contributed by atoms with Crippen LogP contribution in [0.4, 0.5) is 0 Å². The van der Waals surface area contributed by atoms with E-state index < -0.39 is 0 Å². The number of nitrogens with one attached hydrogen (secondary N) is 1. The van der Waals surface area contributed by atoms with Gasteiger partial charge in [-0.2, -0.15) is 0 Å². The summed E-state index contributed by atoms with van der Waals surface area (Å²) in [4.78, 5) is 20.4. The summed E-state index contributed by atoms with van der Waals surface area (Å²) in [5, 5.41) is 4.03. The van der Waals surface area contributed by atoms with E-state index in [-0.39, 0.29) is 5.91 Å². The van der Waals surface area contributed by atoms with Crippen molar-refractivity contribution >= 4 is 16.8 Å². The number of morpholine rings is 1. The molecule has 1 amide bonds. The number of ether oxygens (including phenoxy) is 1. The molecule has 0 aliphatic carbocycles. The average Bonchev–Trinajstić information content (AvgIpc) is 2.81. The maximum Gasteiger partial charge on any atom is 0.252 e. The Labute approximate surface area is 190 Å². The van der Waals surface area contributed by atoms with Crippen molar-refractivity contribution in [2.75, 3.05) is 39.4 Å². The van der Waals surface area contributed by atoms with E-state index in [4.69, 9.17) is 9.72 Å². The summed E-state index contributed by atoms with van der Waals surface area (Å²) in [6, 6.07) is 16.5. The van der Waals surface area contributed by atoms with Crippen LogP contribution in [0.5, 0.6) is 0 Å². The molecule has 2 aromatic carbocycles. The van der Waals surface area contributed by atoms with Crippen LogP contribution in [0.1, 0.15) is 47.7 Å². The van der Waals surface area contributed by atoms with Crippen molar-refractivity contribution in [1.29, 1.82) is 0 Å². The molecule has 5 heteroatoms. The van der Waals surface area contributed by atoms with E-state index in [1.54, 1.807) is 0 Å². The quantitative estimate of drug-likeness (QED) is 0.547. The molecule has 0 saturated carbocycles. The number of hydrogen-bond donors (Lipinski definition) is 1. The monoisotopic (exact) mass is 431 g/mol. The van der Waals surface area contributed by atoms with Gasteiger partial charge in [-0.15, -0.1) is 0 Å². The number of fused-ring (bicyclic) bond motifs is 1. The number of hydrogen-bond acceptors (Lipinski definition) is 4. The van der Waals surface area contributed by atoms with Crippen LogP contribution in [0, 0.1) is 6.92 Å². The lowest BCUT2D eigenvalue weighted by atomic mass is 9.98. The maximum absolute atomic E-state index is 13.2. The number of benzene rings is 2. The number of rotatable bonds is 7. The van der Waals surface area contributed by atoms with Gasteiger partial charge in [0.25, 0.3) is 5.91 Å². The Balaban J connectivity index is 1.54. The summed E-state index contributed by atoms with van der Waals surface area (Å²) in [5.74, 6) is 0.445. The topological polar surface area (TPSA) is 54.5 Å². The fourth-order valence-electron chi connectivity index (χ4n) is 4.14. The first-order chi connectivity index (χ1) is 15.5. The highest BCUT2D eigenvalue weighted by atomic mass is 16.5. The zero-order valence-electron chi connectivity index (χ0n) is 19.4. The van der Waals surface area contributed by atoms with E-state index in [0.29, 0.717) is 18.0 Å². The van der Waals surface area contributed by atoms with Crippen molar-refractivity contribution in [1.82, 2.24) is 15.2 Å². The lowest BCUT2D eigenvalue weighted by Gasteiger charge is -2.26. The van der Waals surface area contributed by atoms with Crippen LogP contribution in [0.15, 0.2) is 48.5 Å². The maximum atomic E-state index is 13.2. The van der Waals surface area contributed by atoms with Crippen molar-refractivity contribution in [2.45, 2.75) is 33.1 Å². The second kappa shape index (κ2) is 10.2. The molecule has 32 heavy (non-hydrogen) atoms. The van der Waals surface area contributed by atoms with Crippen molar-refractivity contribution in [3.05, 3.63) is 65.2 Å². The van der Waals surface area contributed by atoms with E-state index in [2.05, 4.69) is 54.4 Å². The van der Waals surface area contributed by atoms with Gasteiger partial charge >= 0.3 is 0 Å². The minimum Gasteiger partial charge on any atom is -0.379 e. The largest absolute Gasteiger partial charge is 0.379 e. The first-order valence-corrected chi connectivity index (χ1v) is 11.6. The van der Waals surface area contributed by atoms with Gasteiger partial charge < -0.3 is 10.1 Å². The normalized spacial score (nSPS) is 14.8. The number of aryl methyl sites for hydroxylation is 1. The molecule has 3 aromatic rings. The molecule has 1 saturated heterocycles. The molecular formula is C27H33N3O2. The minimum absolute atomic E-state index is 0.0370. The van der Waals surface area contributed by atoms with E-state index >= 15 is 0 Å². The van der Waals surface area contributed by atoms with Gasteiger partial charge in [0.05, 0.1) is 30.0 Å². The van der Waals surface area contributed by atoms with Gasteiger partial charge in [-0.25, -0.2) is 4.98 Å². The Morgan fingerprint density at radius 1 is 1.09 bits per heavy atom. The fraction of sp³-hybridized carbons (Fsp3) is 0.407. The van der Waals surface area contributed by atoms with Crippen LogP contribution in [0.2, 0.25) is 0 Å². The molecular weight excluding hydrogens is 398 g/mol. The molecule has 1 aliphatic rings. The number of carbonyl (C=O) groups is 1. The van der Waals surface area contributed by atoms with E-state index in [9.17, 15) is 4.79 Å². The van der Waals surface area contributed by atoms with Crippen molar-refractivity contribution < 1.29 is 9.53 Å². The fourth-order valence-corrected chi connectivity index (χ4v) is 4.14. The van der Waals surface area contributed by atoms with Crippen LogP contribution in [-0.4, -0.2) is 55.2 Å². The molecule has 2 heterocycles. The lowest BCUT2D eigenvalue weighted by Crippen LogP contribution is -2.38. The molecule has 0 unspecified atom stereocenters. The zero-order valence-corrected chi connectivity index (χ0v) is 19.4. The molecule has 1 fully saturated rings. The second-order valence-electron chi connectivity index (χ2n) is 8.92. The van der Waals surface area contributed by atoms with E-state index in [0.717, 1.165) is 67.0 Å². The first kappa shape index (κ1) is 22.4. The molecule has 5 nitrogen and oxygen atoms in total. The summed E-state index contributed by atoms with van der Waals surface area (Å²) in [6.45, 7) is 11.6. The third-order valence-corrected chi connectivity index (χ3v) is 6.12. The van der Waals surface area contributed by atoms with Crippen LogP contribution < -0.4 is 5.32 Å². The van der Waals surface area contributed by atoms with Gasteiger partial charge in [0, 0.05) is 30.6 Å². The zero-order chi connectivity index (χ0) is 22.5. The summed E-state index contributed by atoms with van der Waals surface area (Å²) in [7, 11) is 0. The second-order valence-corrected chi connectivity index (χ2v) is 8.92. The van der Waals surface area contributed by atoms with E-state index in [1.807, 2.05) is 25.1 Å². The lowest BCUT2D eigenvalue weighted by molar-refractivity contribution is 0.0374. The highest BCUT2D eigenvalue weighted by Gasteiger charge is 2.15. The van der Waals surface area contributed by atoms with Gasteiger partial charge in [0.2, 0.25) is 0 Å². The number of amides is 1. The van der Waals surface area contributed by atoms with Crippen molar-refractivity contribution in [3.63, 3.8) is 0 Å². The molecule has 1 aliphatic heterocycles. The molecule has 4 rings (SSSR count). The van der Waals surface area contributed by atoms with Crippen LogP contribution in [0.25, 0.3) is 22.2 Å². The van der Waals surface area contributed by atoms with Crippen molar-refractivity contribution in [2.24, 2.45) is 0 Å². The third kappa shape index (κ3) is 5.34. The first-order valence-electron chi connectivity index (χ1n) is 11.6. The van der Waals surface area contributed by atoms with Gasteiger partial charge in [0.15, 0.2) is 0 Å². The van der Waals surface area contributed by atoms with Crippen LogP contribution >= 0.6 is 0 Å². The van der Waals surface area contributed by atoms with Gasteiger partial charge in [-0.1, -0.05) is 49.7 Å². The smallest absolute Gasteiger partial charge is 0.252 e. The molecule has 0 radical (unpaired) electrons. The van der Waals surface area contributed by atoms with E-state index in [1.165, 1.54) is 5.56 Å². The number of carbonyl (C=O) groups excluding carboxylic acids is 1. The molecule has 1 N–H and O–H groups in total. The Bertz CT molecular complexity index is 1070. The summed E-state index contributed by atoms with van der Waals surface area (Å²) >= 11 is 0. The average molecular weight is 432 g/mol. The number of nitrogens with zero attached hydrogens (tertiary/aromatic N) is 2. The standard InChI is InChI=1S/C27H33N3O2/c1-19(2)21-6-8-22(9-7-21)26-18-24(23-17-20(3)5-10-25(23)29-26)27(31)28-11-4-12-30-13-15-32-16-14-30/h5-10,17-19H,4,11-16H2,1-3H3,(H,28,31). The summed E-state index contributed by atoms with van der Waals surface area (Å²) in [6.07, 6.45) is 0.928. The Morgan fingerprint density at radius 2 is 1.84 bits per heavy atom. The van der Waals surface area contributed by atoms with Gasteiger partial charge in [-0.3, -0.25) is 9.69 Å². The minimum atomic E-state index is -0.0370. The van der Waals surface area contributed by atoms with Crippen molar-refractivity contribution in [3.8, 4) is 11.3 Å². The molecule has 0 atom stereocenters.